The average Bonchev–Trinajstić information content (AvgIpc) is 3.26. The van der Waals surface area contributed by atoms with Crippen LogP contribution in [0.5, 0.6) is 0 Å². The maximum absolute atomic E-state index is 12.7. The molecule has 1 aliphatic heterocycles. The molecule has 5 heteroatoms. The van der Waals surface area contributed by atoms with Crippen LogP contribution in [0.15, 0.2) is 42.5 Å². The monoisotopic (exact) mass is 393 g/mol. The van der Waals surface area contributed by atoms with Gasteiger partial charge in [-0.25, -0.2) is 0 Å². The van der Waals surface area contributed by atoms with Gasteiger partial charge in [0.2, 0.25) is 0 Å². The lowest BCUT2D eigenvalue weighted by Gasteiger charge is -2.28. The SMILES string of the molecule is CC(C)N(Cc1ccc2c(c1)CO/C2=C1/C(=O)Cc2ccccc21)C[C@@H](O)CO. The fourth-order valence-electron chi connectivity index (χ4n) is 4.12. The van der Waals surface area contributed by atoms with E-state index in [4.69, 9.17) is 9.84 Å². The minimum absolute atomic E-state index is 0.113. The summed E-state index contributed by atoms with van der Waals surface area (Å²) in [5.41, 5.74) is 5.92. The number of Topliss-reactive ketones (excluding diaryl/α,β-unsaturated/α-hetero) is 1. The molecule has 29 heavy (non-hydrogen) atoms. The molecular weight excluding hydrogens is 366 g/mol. The van der Waals surface area contributed by atoms with Gasteiger partial charge in [0.15, 0.2) is 5.78 Å². The Labute approximate surface area is 171 Å². The first-order chi connectivity index (χ1) is 14.0. The van der Waals surface area contributed by atoms with Crippen LogP contribution in [0.25, 0.3) is 11.3 Å². The number of benzene rings is 2. The van der Waals surface area contributed by atoms with Crippen LogP contribution in [-0.4, -0.2) is 46.2 Å². The van der Waals surface area contributed by atoms with E-state index in [0.29, 0.717) is 37.4 Å². The van der Waals surface area contributed by atoms with E-state index in [1.807, 2.05) is 30.3 Å². The summed E-state index contributed by atoms with van der Waals surface area (Å²) in [7, 11) is 0. The van der Waals surface area contributed by atoms with Gasteiger partial charge in [-0.1, -0.05) is 42.5 Å². The minimum atomic E-state index is -0.750. The third-order valence-electron chi connectivity index (χ3n) is 5.70. The Bertz CT molecular complexity index is 963. The predicted molar refractivity (Wildman–Crippen MR) is 112 cm³/mol. The number of allylic oxidation sites excluding steroid dienone is 1. The highest BCUT2D eigenvalue weighted by Crippen LogP contribution is 2.40. The Morgan fingerprint density at radius 2 is 1.90 bits per heavy atom. The zero-order valence-electron chi connectivity index (χ0n) is 16.9. The van der Waals surface area contributed by atoms with Crippen LogP contribution in [0.4, 0.5) is 0 Å². The van der Waals surface area contributed by atoms with Gasteiger partial charge in [0.1, 0.15) is 12.4 Å². The summed E-state index contributed by atoms with van der Waals surface area (Å²) in [6.07, 6.45) is -0.317. The van der Waals surface area contributed by atoms with Gasteiger partial charge in [-0.3, -0.25) is 9.69 Å². The summed E-state index contributed by atoms with van der Waals surface area (Å²) in [5, 5.41) is 19.0. The first kappa shape index (κ1) is 19.8. The second-order valence-corrected chi connectivity index (χ2v) is 8.10. The molecule has 1 aliphatic carbocycles. The quantitative estimate of drug-likeness (QED) is 0.739. The fourth-order valence-corrected chi connectivity index (χ4v) is 4.12. The molecule has 2 aromatic rings. The smallest absolute Gasteiger partial charge is 0.171 e. The number of rotatable bonds is 6. The molecule has 0 saturated carbocycles. The molecule has 152 valence electrons. The molecule has 0 radical (unpaired) electrons. The molecule has 0 amide bonds. The summed E-state index contributed by atoms with van der Waals surface area (Å²) >= 11 is 0. The first-order valence-corrected chi connectivity index (χ1v) is 10.1. The van der Waals surface area contributed by atoms with Crippen molar-refractivity contribution in [1.82, 2.24) is 4.90 Å². The molecule has 1 heterocycles. The number of hydrogen-bond acceptors (Lipinski definition) is 5. The molecule has 0 saturated heterocycles. The van der Waals surface area contributed by atoms with Crippen molar-refractivity contribution in [2.45, 2.75) is 45.6 Å². The van der Waals surface area contributed by atoms with Crippen LogP contribution >= 0.6 is 0 Å². The minimum Gasteiger partial charge on any atom is -0.487 e. The number of ether oxygens (including phenoxy) is 1. The summed E-state index contributed by atoms with van der Waals surface area (Å²) < 4.78 is 6.00. The zero-order chi connectivity index (χ0) is 20.5. The third-order valence-corrected chi connectivity index (χ3v) is 5.70. The van der Waals surface area contributed by atoms with Gasteiger partial charge in [-0.05, 0) is 30.5 Å². The second-order valence-electron chi connectivity index (χ2n) is 8.10. The van der Waals surface area contributed by atoms with E-state index in [1.54, 1.807) is 0 Å². The van der Waals surface area contributed by atoms with E-state index in [1.165, 1.54) is 0 Å². The zero-order valence-corrected chi connectivity index (χ0v) is 16.9. The molecule has 2 N–H and O–H groups in total. The van der Waals surface area contributed by atoms with Crippen LogP contribution in [0, 0.1) is 0 Å². The van der Waals surface area contributed by atoms with Crippen LogP contribution in [0.1, 0.15) is 41.7 Å². The largest absolute Gasteiger partial charge is 0.487 e. The summed E-state index contributed by atoms with van der Waals surface area (Å²) in [4.78, 5) is 14.8. The number of hydrogen-bond donors (Lipinski definition) is 2. The molecule has 0 spiro atoms. The topological polar surface area (TPSA) is 70.0 Å². The lowest BCUT2D eigenvalue weighted by atomic mass is 9.99. The molecular formula is C24H27NO4. The lowest BCUT2D eigenvalue weighted by molar-refractivity contribution is -0.112. The lowest BCUT2D eigenvalue weighted by Crippen LogP contribution is -2.38. The highest BCUT2D eigenvalue weighted by molar-refractivity contribution is 6.31. The van der Waals surface area contributed by atoms with Gasteiger partial charge in [-0.15, -0.1) is 0 Å². The van der Waals surface area contributed by atoms with E-state index in [0.717, 1.165) is 27.8 Å². The maximum Gasteiger partial charge on any atom is 0.171 e. The van der Waals surface area contributed by atoms with Crippen LogP contribution < -0.4 is 0 Å². The molecule has 0 bridgehead atoms. The molecule has 0 aromatic heterocycles. The average molecular weight is 393 g/mol. The van der Waals surface area contributed by atoms with Crippen molar-refractivity contribution in [2.75, 3.05) is 13.2 Å². The summed E-state index contributed by atoms with van der Waals surface area (Å²) in [6, 6.07) is 14.4. The highest BCUT2D eigenvalue weighted by atomic mass is 16.5. The summed E-state index contributed by atoms with van der Waals surface area (Å²) in [6.45, 7) is 5.46. The van der Waals surface area contributed by atoms with E-state index in [9.17, 15) is 9.90 Å². The molecule has 1 atom stereocenters. The molecule has 2 aliphatic rings. The predicted octanol–water partition coefficient (Wildman–Crippen LogP) is 2.77. The first-order valence-electron chi connectivity index (χ1n) is 10.1. The third kappa shape index (κ3) is 3.86. The van der Waals surface area contributed by atoms with E-state index in [2.05, 4.69) is 30.9 Å². The molecule has 5 nitrogen and oxygen atoms in total. The van der Waals surface area contributed by atoms with E-state index >= 15 is 0 Å². The van der Waals surface area contributed by atoms with Gasteiger partial charge in [0.25, 0.3) is 0 Å². The second kappa shape index (κ2) is 8.11. The Morgan fingerprint density at radius 3 is 2.66 bits per heavy atom. The number of ketones is 1. The van der Waals surface area contributed by atoms with Gasteiger partial charge in [-0.2, -0.15) is 0 Å². The fraction of sp³-hybridized carbons (Fsp3) is 0.375. The van der Waals surface area contributed by atoms with E-state index in [-0.39, 0.29) is 18.4 Å². The van der Waals surface area contributed by atoms with Crippen molar-refractivity contribution in [1.29, 1.82) is 0 Å². The van der Waals surface area contributed by atoms with Gasteiger partial charge in [0, 0.05) is 36.7 Å². The van der Waals surface area contributed by atoms with Crippen molar-refractivity contribution in [3.05, 3.63) is 70.3 Å². The molecule has 0 fully saturated rings. The molecule has 2 aromatic carbocycles. The van der Waals surface area contributed by atoms with Gasteiger partial charge >= 0.3 is 0 Å². The Morgan fingerprint density at radius 1 is 1.10 bits per heavy atom. The molecule has 4 rings (SSSR count). The maximum atomic E-state index is 12.7. The Hall–Kier alpha value is -2.47. The Balaban J connectivity index is 1.63. The van der Waals surface area contributed by atoms with Crippen molar-refractivity contribution in [2.24, 2.45) is 0 Å². The van der Waals surface area contributed by atoms with Crippen LogP contribution in [0.3, 0.4) is 0 Å². The molecule has 0 unspecified atom stereocenters. The normalized spacial score (nSPS) is 18.9. The number of nitrogens with zero attached hydrogens (tertiary/aromatic N) is 1. The highest BCUT2D eigenvalue weighted by Gasteiger charge is 2.32. The van der Waals surface area contributed by atoms with Crippen molar-refractivity contribution in [3.63, 3.8) is 0 Å². The number of carbonyl (C=O) groups excluding carboxylic acids is 1. The number of aliphatic hydroxyl groups excluding tert-OH is 2. The number of fused-ring (bicyclic) bond motifs is 2. The van der Waals surface area contributed by atoms with Gasteiger partial charge < -0.3 is 14.9 Å². The standard InChI is InChI=1S/C24H27NO4/c1-15(2)25(12-19(27)13-26)11-16-7-8-21-18(9-16)14-29-24(21)23-20-6-4-3-5-17(20)10-22(23)28/h3-9,15,19,26-27H,10-14H2,1-2H3/b24-23+/t19-/m1/s1. The summed E-state index contributed by atoms with van der Waals surface area (Å²) in [5.74, 6) is 0.806. The van der Waals surface area contributed by atoms with Crippen LogP contribution in [0.2, 0.25) is 0 Å². The number of carbonyl (C=O) groups is 1. The van der Waals surface area contributed by atoms with Crippen molar-refractivity contribution < 1.29 is 19.7 Å². The van der Waals surface area contributed by atoms with Crippen LogP contribution in [-0.2, 0) is 29.1 Å². The van der Waals surface area contributed by atoms with E-state index < -0.39 is 6.10 Å². The van der Waals surface area contributed by atoms with Gasteiger partial charge in [0.05, 0.1) is 18.3 Å². The Kier molecular flexibility index (Phi) is 5.54. The number of aliphatic hydroxyl groups is 2. The van der Waals surface area contributed by atoms with Crippen molar-refractivity contribution >= 4 is 17.1 Å². The van der Waals surface area contributed by atoms with Crippen molar-refractivity contribution in [3.8, 4) is 0 Å².